The van der Waals surface area contributed by atoms with E-state index >= 15 is 0 Å². The van der Waals surface area contributed by atoms with Gasteiger partial charge in [0.1, 0.15) is 11.3 Å². The van der Waals surface area contributed by atoms with E-state index in [-0.39, 0.29) is 5.56 Å². The Kier molecular flexibility index (Phi) is 5.44. The lowest BCUT2D eigenvalue weighted by Crippen LogP contribution is -2.27. The third-order valence-electron chi connectivity index (χ3n) is 3.72. The van der Waals surface area contributed by atoms with Crippen LogP contribution in [0.15, 0.2) is 16.9 Å². The van der Waals surface area contributed by atoms with Crippen LogP contribution in [0.25, 0.3) is 10.9 Å². The van der Waals surface area contributed by atoms with Gasteiger partial charge in [-0.2, -0.15) is 0 Å². The summed E-state index contributed by atoms with van der Waals surface area (Å²) < 4.78 is 5.38. The van der Waals surface area contributed by atoms with Gasteiger partial charge in [0, 0.05) is 6.54 Å². The topological polar surface area (TPSA) is 61.1 Å². The monoisotopic (exact) mass is 291 g/mol. The molecule has 2 aromatic rings. The number of nitrogens with one attached hydrogen (secondary N) is 2. The number of H-pyrrole nitrogens is 2. The zero-order valence-corrected chi connectivity index (χ0v) is 13.2. The number of methoxy groups -OCH3 is 1. The lowest BCUT2D eigenvalue weighted by molar-refractivity contribution is 0.278. The smallest absolute Gasteiger partial charge is 0.271 e. The number of aromatic amines is 2. The third kappa shape index (κ3) is 3.67. The molecule has 2 rings (SSSR count). The van der Waals surface area contributed by atoms with E-state index in [1.807, 2.05) is 12.1 Å². The van der Waals surface area contributed by atoms with Crippen LogP contribution in [0.5, 0.6) is 5.75 Å². The van der Waals surface area contributed by atoms with E-state index in [2.05, 4.69) is 28.9 Å². The van der Waals surface area contributed by atoms with E-state index in [0.717, 1.165) is 42.9 Å². The van der Waals surface area contributed by atoms with Crippen molar-refractivity contribution in [2.45, 2.75) is 33.1 Å². The van der Waals surface area contributed by atoms with Gasteiger partial charge >= 0.3 is 0 Å². The van der Waals surface area contributed by atoms with Crippen LogP contribution in [-0.4, -0.2) is 41.8 Å². The van der Waals surface area contributed by atoms with Gasteiger partial charge in [0.15, 0.2) is 0 Å². The third-order valence-corrected chi connectivity index (χ3v) is 3.72. The minimum atomic E-state index is -0.0934. The van der Waals surface area contributed by atoms with Gasteiger partial charge < -0.3 is 9.64 Å². The Hall–Kier alpha value is -1.75. The first-order chi connectivity index (χ1) is 10.2. The van der Waals surface area contributed by atoms with E-state index in [4.69, 9.17) is 4.74 Å². The standard InChI is InChI=1S/C16H25N3O2/c1-4-7-19(8-5-2)9-6-12-10-13-15(14(11-12)21-3)17-18-16(13)20/h10-11H,4-9H2,1-3H3,(H2,17,18,20). The summed E-state index contributed by atoms with van der Waals surface area (Å²) in [5.74, 6) is 0.721. The van der Waals surface area contributed by atoms with Crippen molar-refractivity contribution >= 4 is 10.9 Å². The highest BCUT2D eigenvalue weighted by molar-refractivity contribution is 5.84. The second-order valence-electron chi connectivity index (χ2n) is 5.39. The quantitative estimate of drug-likeness (QED) is 0.785. The zero-order valence-electron chi connectivity index (χ0n) is 13.2. The minimum absolute atomic E-state index is 0.0934. The first-order valence-electron chi connectivity index (χ1n) is 7.69. The van der Waals surface area contributed by atoms with Crippen LogP contribution in [0.3, 0.4) is 0 Å². The molecule has 0 aliphatic rings. The van der Waals surface area contributed by atoms with Gasteiger partial charge in [0.25, 0.3) is 5.56 Å². The molecule has 5 heteroatoms. The number of ether oxygens (including phenoxy) is 1. The van der Waals surface area contributed by atoms with Gasteiger partial charge in [-0.25, -0.2) is 0 Å². The summed E-state index contributed by atoms with van der Waals surface area (Å²) in [6.45, 7) is 7.67. The first-order valence-corrected chi connectivity index (χ1v) is 7.69. The number of aromatic nitrogens is 2. The average Bonchev–Trinajstić information content (AvgIpc) is 2.86. The molecule has 0 radical (unpaired) electrons. The Bertz CT molecular complexity index is 624. The van der Waals surface area contributed by atoms with Crippen molar-refractivity contribution in [3.63, 3.8) is 0 Å². The van der Waals surface area contributed by atoms with Crippen LogP contribution in [0.1, 0.15) is 32.3 Å². The van der Waals surface area contributed by atoms with Crippen molar-refractivity contribution in [2.24, 2.45) is 0 Å². The Morgan fingerprint density at radius 1 is 1.10 bits per heavy atom. The Morgan fingerprint density at radius 2 is 1.81 bits per heavy atom. The number of rotatable bonds is 8. The van der Waals surface area contributed by atoms with E-state index in [1.165, 1.54) is 12.8 Å². The summed E-state index contributed by atoms with van der Waals surface area (Å²) in [6.07, 6.45) is 3.26. The lowest BCUT2D eigenvalue weighted by Gasteiger charge is -2.20. The molecule has 1 aromatic heterocycles. The van der Waals surface area contributed by atoms with Crippen molar-refractivity contribution in [3.8, 4) is 5.75 Å². The maximum Gasteiger partial charge on any atom is 0.271 e. The highest BCUT2D eigenvalue weighted by atomic mass is 16.5. The second kappa shape index (κ2) is 7.31. The molecular weight excluding hydrogens is 266 g/mol. The molecule has 21 heavy (non-hydrogen) atoms. The average molecular weight is 291 g/mol. The maximum absolute atomic E-state index is 11.8. The molecule has 0 saturated heterocycles. The van der Waals surface area contributed by atoms with Crippen LogP contribution in [-0.2, 0) is 6.42 Å². The fraction of sp³-hybridized carbons (Fsp3) is 0.562. The number of hydrogen-bond acceptors (Lipinski definition) is 3. The van der Waals surface area contributed by atoms with Gasteiger partial charge in [0.2, 0.25) is 0 Å². The van der Waals surface area contributed by atoms with E-state index in [0.29, 0.717) is 5.39 Å². The van der Waals surface area contributed by atoms with Crippen LogP contribution in [0, 0.1) is 0 Å². The number of benzene rings is 1. The molecule has 0 saturated carbocycles. The molecule has 1 heterocycles. The summed E-state index contributed by atoms with van der Waals surface area (Å²) in [4.78, 5) is 14.3. The molecule has 0 spiro atoms. The first kappa shape index (κ1) is 15.6. The minimum Gasteiger partial charge on any atom is -0.494 e. The Balaban J connectivity index is 2.18. The fourth-order valence-corrected chi connectivity index (χ4v) is 2.73. The highest BCUT2D eigenvalue weighted by Gasteiger charge is 2.10. The van der Waals surface area contributed by atoms with E-state index < -0.39 is 0 Å². The highest BCUT2D eigenvalue weighted by Crippen LogP contribution is 2.23. The summed E-state index contributed by atoms with van der Waals surface area (Å²) in [7, 11) is 1.63. The van der Waals surface area contributed by atoms with Crippen LogP contribution < -0.4 is 10.3 Å². The van der Waals surface area contributed by atoms with Crippen molar-refractivity contribution in [1.29, 1.82) is 0 Å². The van der Waals surface area contributed by atoms with Crippen LogP contribution in [0.4, 0.5) is 0 Å². The molecule has 1 aromatic carbocycles. The fourth-order valence-electron chi connectivity index (χ4n) is 2.73. The molecule has 0 amide bonds. The van der Waals surface area contributed by atoms with Crippen molar-refractivity contribution in [1.82, 2.24) is 15.1 Å². The number of nitrogens with zero attached hydrogens (tertiary/aromatic N) is 1. The molecular formula is C16H25N3O2. The SMILES string of the molecule is CCCN(CCC)CCc1cc(OC)c2[nH][nH]c(=O)c2c1. The van der Waals surface area contributed by atoms with Gasteiger partial charge in [-0.15, -0.1) is 0 Å². The molecule has 0 aliphatic carbocycles. The number of fused-ring (bicyclic) bond motifs is 1. The van der Waals surface area contributed by atoms with E-state index in [1.54, 1.807) is 7.11 Å². The Morgan fingerprint density at radius 3 is 2.43 bits per heavy atom. The molecule has 2 N–H and O–H groups in total. The van der Waals surface area contributed by atoms with Crippen LogP contribution >= 0.6 is 0 Å². The van der Waals surface area contributed by atoms with Crippen molar-refractivity contribution in [3.05, 3.63) is 28.0 Å². The largest absolute Gasteiger partial charge is 0.494 e. The van der Waals surface area contributed by atoms with Gasteiger partial charge in [-0.3, -0.25) is 15.0 Å². The van der Waals surface area contributed by atoms with Crippen molar-refractivity contribution < 1.29 is 4.74 Å². The summed E-state index contributed by atoms with van der Waals surface area (Å²) in [5, 5.41) is 6.15. The summed E-state index contributed by atoms with van der Waals surface area (Å²) >= 11 is 0. The molecule has 116 valence electrons. The maximum atomic E-state index is 11.8. The summed E-state index contributed by atoms with van der Waals surface area (Å²) in [5.41, 5.74) is 1.79. The normalized spacial score (nSPS) is 11.4. The van der Waals surface area contributed by atoms with Gasteiger partial charge in [-0.1, -0.05) is 13.8 Å². The van der Waals surface area contributed by atoms with E-state index in [9.17, 15) is 4.79 Å². The number of hydrogen-bond donors (Lipinski definition) is 2. The molecule has 0 unspecified atom stereocenters. The molecule has 0 atom stereocenters. The Labute approximate surface area is 125 Å². The van der Waals surface area contributed by atoms with Crippen LogP contribution in [0.2, 0.25) is 0 Å². The lowest BCUT2D eigenvalue weighted by atomic mass is 10.1. The molecule has 5 nitrogen and oxygen atoms in total. The zero-order chi connectivity index (χ0) is 15.2. The predicted octanol–water partition coefficient (Wildman–Crippen LogP) is 2.53. The van der Waals surface area contributed by atoms with Gasteiger partial charge in [0.05, 0.1) is 12.5 Å². The molecule has 0 bridgehead atoms. The molecule has 0 fully saturated rings. The van der Waals surface area contributed by atoms with Gasteiger partial charge in [-0.05, 0) is 50.0 Å². The van der Waals surface area contributed by atoms with Crippen molar-refractivity contribution in [2.75, 3.05) is 26.7 Å². The predicted molar refractivity (Wildman–Crippen MR) is 86.2 cm³/mol. The molecule has 0 aliphatic heterocycles. The summed E-state index contributed by atoms with van der Waals surface area (Å²) in [6, 6.07) is 3.98. The second-order valence-corrected chi connectivity index (χ2v) is 5.39.